The summed E-state index contributed by atoms with van der Waals surface area (Å²) in [5.74, 6) is 0. The molecule has 0 bridgehead atoms. The van der Waals surface area contributed by atoms with Gasteiger partial charge in [0.05, 0.1) is 0 Å². The fourth-order valence-electron chi connectivity index (χ4n) is 1.27. The smallest absolute Gasteiger partial charge is 0.323 e. The van der Waals surface area contributed by atoms with Gasteiger partial charge in [0.25, 0.3) is 0 Å². The number of carbonyl (C=O) groups excluding carboxylic acids is 1. The van der Waals surface area contributed by atoms with E-state index in [1.807, 2.05) is 0 Å². The Bertz CT molecular complexity index is 117. The van der Waals surface area contributed by atoms with Gasteiger partial charge in [-0.2, -0.15) is 0 Å². The normalized spacial score (nSPS) is 20.2. The summed E-state index contributed by atoms with van der Waals surface area (Å²) < 4.78 is 0. The molecule has 1 heterocycles. The summed E-state index contributed by atoms with van der Waals surface area (Å²) in [4.78, 5) is 12.2. The minimum absolute atomic E-state index is 0.512. The van der Waals surface area contributed by atoms with Gasteiger partial charge in [-0.25, -0.2) is 10.5 Å². The van der Waals surface area contributed by atoms with Crippen LogP contribution in [0.1, 0.15) is 25.7 Å². The number of likely N-dealkylation sites (tertiary alicyclic amines) is 1. The number of amides is 2. The average Bonchev–Trinajstić information content (AvgIpc) is 2.12. The lowest BCUT2D eigenvalue weighted by atomic mass is 10.2. The number of nitrogens with one attached hydrogen (secondary N) is 1. The molecule has 1 radical (unpaired) electrons. The molecule has 1 aliphatic heterocycles. The van der Waals surface area contributed by atoms with Crippen LogP contribution in [0.25, 0.3) is 0 Å². The monoisotopic (exact) mass is 141 g/mol. The highest BCUT2D eigenvalue weighted by atomic mass is 16.2. The van der Waals surface area contributed by atoms with E-state index in [4.69, 9.17) is 5.73 Å². The summed E-state index contributed by atoms with van der Waals surface area (Å²) in [6.45, 7) is 1.59. The summed E-state index contributed by atoms with van der Waals surface area (Å²) in [7, 11) is 0. The van der Waals surface area contributed by atoms with E-state index in [-0.39, 0.29) is 0 Å². The fraction of sp³-hybridized carbons (Fsp3) is 0.857. The molecule has 0 aromatic heterocycles. The maximum Gasteiger partial charge on any atom is 0.336 e. The number of carbonyl (C=O) groups is 1. The van der Waals surface area contributed by atoms with Gasteiger partial charge >= 0.3 is 6.03 Å². The van der Waals surface area contributed by atoms with Crippen LogP contribution in [0, 0.1) is 0 Å². The molecule has 0 saturated carbocycles. The Morgan fingerprint density at radius 2 is 1.60 bits per heavy atom. The third-order valence-corrected chi connectivity index (χ3v) is 1.89. The SMILES string of the molecule is [NH]C(=O)N1CCCCCC1. The van der Waals surface area contributed by atoms with Gasteiger partial charge in [-0.1, -0.05) is 12.8 Å². The quantitative estimate of drug-likeness (QED) is 0.501. The van der Waals surface area contributed by atoms with Crippen LogP contribution in [0.15, 0.2) is 0 Å². The summed E-state index contributed by atoms with van der Waals surface area (Å²) in [6.07, 6.45) is 4.57. The number of urea groups is 1. The largest absolute Gasteiger partial charge is 0.336 e. The van der Waals surface area contributed by atoms with E-state index in [0.717, 1.165) is 25.9 Å². The molecule has 10 heavy (non-hydrogen) atoms. The Morgan fingerprint density at radius 3 is 2.00 bits per heavy atom. The van der Waals surface area contributed by atoms with Crippen LogP contribution in [0.2, 0.25) is 0 Å². The lowest BCUT2D eigenvalue weighted by Crippen LogP contribution is -2.31. The molecule has 0 aliphatic carbocycles. The van der Waals surface area contributed by atoms with E-state index in [0.29, 0.717) is 0 Å². The molecule has 57 valence electrons. The van der Waals surface area contributed by atoms with E-state index in [1.165, 1.54) is 12.8 Å². The van der Waals surface area contributed by atoms with Crippen LogP contribution in [0.5, 0.6) is 0 Å². The summed E-state index contributed by atoms with van der Waals surface area (Å²) in [6, 6.07) is -0.512. The highest BCUT2D eigenvalue weighted by Gasteiger charge is 2.11. The number of hydrogen-bond donors (Lipinski definition) is 0. The van der Waals surface area contributed by atoms with Gasteiger partial charge in [-0.15, -0.1) is 0 Å². The minimum atomic E-state index is -0.512. The zero-order chi connectivity index (χ0) is 7.40. The van der Waals surface area contributed by atoms with E-state index in [2.05, 4.69) is 0 Å². The van der Waals surface area contributed by atoms with Crippen LogP contribution in [0.4, 0.5) is 4.79 Å². The van der Waals surface area contributed by atoms with Crippen molar-refractivity contribution in [3.63, 3.8) is 0 Å². The molecular formula is C7H13N2O. The fourth-order valence-corrected chi connectivity index (χ4v) is 1.27. The lowest BCUT2D eigenvalue weighted by molar-refractivity contribution is 0.208. The Hall–Kier alpha value is -0.730. The van der Waals surface area contributed by atoms with Crippen molar-refractivity contribution in [1.29, 1.82) is 0 Å². The first-order valence-electron chi connectivity index (χ1n) is 3.81. The van der Waals surface area contributed by atoms with Gasteiger partial charge in [0.1, 0.15) is 0 Å². The zero-order valence-electron chi connectivity index (χ0n) is 6.10. The molecular weight excluding hydrogens is 128 g/mol. The molecule has 0 aromatic rings. The number of rotatable bonds is 0. The summed E-state index contributed by atoms with van der Waals surface area (Å²) in [5, 5.41) is 0. The molecule has 1 N–H and O–H groups in total. The van der Waals surface area contributed by atoms with Crippen LogP contribution in [0.3, 0.4) is 0 Å². The second-order valence-electron chi connectivity index (χ2n) is 2.71. The molecule has 0 atom stereocenters. The van der Waals surface area contributed by atoms with Crippen LogP contribution in [-0.4, -0.2) is 24.0 Å². The third kappa shape index (κ3) is 1.90. The highest BCUT2D eigenvalue weighted by Crippen LogP contribution is 2.08. The van der Waals surface area contributed by atoms with Gasteiger partial charge in [0.15, 0.2) is 0 Å². The molecule has 1 fully saturated rings. The lowest BCUT2D eigenvalue weighted by Gasteiger charge is -2.15. The van der Waals surface area contributed by atoms with E-state index >= 15 is 0 Å². The van der Waals surface area contributed by atoms with Crippen LogP contribution < -0.4 is 5.73 Å². The molecule has 0 spiro atoms. The molecule has 2 amide bonds. The van der Waals surface area contributed by atoms with Crippen LogP contribution in [-0.2, 0) is 0 Å². The summed E-state index contributed by atoms with van der Waals surface area (Å²) >= 11 is 0. The van der Waals surface area contributed by atoms with Crippen molar-refractivity contribution in [2.75, 3.05) is 13.1 Å². The first-order chi connectivity index (χ1) is 4.80. The third-order valence-electron chi connectivity index (χ3n) is 1.89. The van der Waals surface area contributed by atoms with Crippen molar-refractivity contribution < 1.29 is 4.79 Å². The molecule has 3 heteroatoms. The Balaban J connectivity index is 2.35. The molecule has 0 unspecified atom stereocenters. The van der Waals surface area contributed by atoms with Crippen molar-refractivity contribution in [2.45, 2.75) is 25.7 Å². The second-order valence-corrected chi connectivity index (χ2v) is 2.71. The standard InChI is InChI=1S/C7H13N2O/c8-7(10)9-5-3-1-2-4-6-9/h8H,1-6H2. The molecule has 1 saturated heterocycles. The maximum absolute atomic E-state index is 10.5. The Morgan fingerprint density at radius 1 is 1.10 bits per heavy atom. The number of nitrogens with zero attached hydrogens (tertiary/aromatic N) is 1. The van der Waals surface area contributed by atoms with E-state index < -0.39 is 6.03 Å². The Labute approximate surface area is 61.2 Å². The minimum Gasteiger partial charge on any atom is -0.323 e. The van der Waals surface area contributed by atoms with E-state index in [9.17, 15) is 4.79 Å². The predicted molar refractivity (Wildman–Crippen MR) is 38.5 cm³/mol. The van der Waals surface area contributed by atoms with Crippen molar-refractivity contribution >= 4 is 6.03 Å². The van der Waals surface area contributed by atoms with Crippen molar-refractivity contribution in [2.24, 2.45) is 0 Å². The van der Waals surface area contributed by atoms with Crippen molar-refractivity contribution in [3.8, 4) is 0 Å². The first kappa shape index (κ1) is 7.38. The van der Waals surface area contributed by atoms with Gasteiger partial charge in [-0.05, 0) is 12.8 Å². The second kappa shape index (κ2) is 3.44. The van der Waals surface area contributed by atoms with Gasteiger partial charge in [0.2, 0.25) is 0 Å². The molecule has 3 nitrogen and oxygen atoms in total. The Kier molecular flexibility index (Phi) is 2.54. The molecule has 1 aliphatic rings. The first-order valence-corrected chi connectivity index (χ1v) is 3.81. The summed E-state index contributed by atoms with van der Waals surface area (Å²) in [5.41, 5.74) is 6.86. The zero-order valence-corrected chi connectivity index (χ0v) is 6.10. The van der Waals surface area contributed by atoms with Crippen molar-refractivity contribution in [1.82, 2.24) is 10.6 Å². The average molecular weight is 141 g/mol. The maximum atomic E-state index is 10.5. The van der Waals surface area contributed by atoms with E-state index in [1.54, 1.807) is 4.90 Å². The number of hydrogen-bond acceptors (Lipinski definition) is 1. The molecule has 0 aromatic carbocycles. The highest BCUT2D eigenvalue weighted by molar-refractivity contribution is 5.71. The van der Waals surface area contributed by atoms with Gasteiger partial charge < -0.3 is 4.90 Å². The van der Waals surface area contributed by atoms with Crippen molar-refractivity contribution in [3.05, 3.63) is 0 Å². The van der Waals surface area contributed by atoms with Crippen LogP contribution >= 0.6 is 0 Å². The topological polar surface area (TPSA) is 44.1 Å². The molecule has 1 rings (SSSR count). The van der Waals surface area contributed by atoms with Gasteiger partial charge in [-0.3, -0.25) is 0 Å². The predicted octanol–water partition coefficient (Wildman–Crippen LogP) is 1.27. The van der Waals surface area contributed by atoms with Gasteiger partial charge in [0, 0.05) is 13.1 Å².